The van der Waals surface area contributed by atoms with Crippen LogP contribution in [-0.4, -0.2) is 36.3 Å². The van der Waals surface area contributed by atoms with Crippen molar-refractivity contribution in [1.82, 2.24) is 0 Å². The second kappa shape index (κ2) is 6.19. The zero-order valence-corrected chi connectivity index (χ0v) is 11.1. The Morgan fingerprint density at radius 3 is 2.37 bits per heavy atom. The molecule has 6 nitrogen and oxygen atoms in total. The van der Waals surface area contributed by atoms with Gasteiger partial charge in [-0.2, -0.15) is 0 Å². The normalized spacial score (nSPS) is 13.3. The number of hydrogen-bond donors (Lipinski definition) is 2. The number of esters is 1. The zero-order chi connectivity index (χ0) is 14.5. The van der Waals surface area contributed by atoms with Crippen LogP contribution in [0.4, 0.5) is 5.69 Å². The van der Waals surface area contributed by atoms with E-state index in [1.807, 2.05) is 0 Å². The van der Waals surface area contributed by atoms with Gasteiger partial charge in [0.25, 0.3) is 0 Å². The maximum atomic E-state index is 11.2. The Labute approximate surface area is 111 Å². The second-order valence-corrected chi connectivity index (χ2v) is 4.26. The number of rotatable bonds is 5. The number of nitrogens with one attached hydrogen (secondary N) is 1. The van der Waals surface area contributed by atoms with Crippen LogP contribution in [0.1, 0.15) is 13.8 Å². The zero-order valence-electron chi connectivity index (χ0n) is 11.1. The fourth-order valence-corrected chi connectivity index (χ4v) is 1.34. The SMILES string of the molecule is COC(=O)C(C)(O)COc1ccc(NC(C)=O)cc1. The summed E-state index contributed by atoms with van der Waals surface area (Å²) in [5.41, 5.74) is -1.06. The number of anilines is 1. The van der Waals surface area contributed by atoms with E-state index in [0.717, 1.165) is 0 Å². The minimum atomic E-state index is -1.70. The fourth-order valence-electron chi connectivity index (χ4n) is 1.34. The van der Waals surface area contributed by atoms with E-state index in [0.29, 0.717) is 11.4 Å². The van der Waals surface area contributed by atoms with Crippen molar-refractivity contribution in [3.8, 4) is 5.75 Å². The third-order valence-electron chi connectivity index (χ3n) is 2.32. The Hall–Kier alpha value is -2.08. The molecule has 104 valence electrons. The molecule has 0 radical (unpaired) electrons. The van der Waals surface area contributed by atoms with Gasteiger partial charge in [-0.15, -0.1) is 0 Å². The maximum Gasteiger partial charge on any atom is 0.341 e. The third kappa shape index (κ3) is 4.59. The van der Waals surface area contributed by atoms with E-state index in [9.17, 15) is 14.7 Å². The largest absolute Gasteiger partial charge is 0.490 e. The summed E-state index contributed by atoms with van der Waals surface area (Å²) in [5.74, 6) is -0.456. The van der Waals surface area contributed by atoms with E-state index in [4.69, 9.17) is 4.74 Å². The highest BCUT2D eigenvalue weighted by molar-refractivity contribution is 5.88. The molecule has 1 atom stereocenters. The molecule has 0 aliphatic heterocycles. The van der Waals surface area contributed by atoms with Gasteiger partial charge in [-0.05, 0) is 31.2 Å². The van der Waals surface area contributed by atoms with Gasteiger partial charge in [-0.25, -0.2) is 4.79 Å². The van der Waals surface area contributed by atoms with E-state index >= 15 is 0 Å². The van der Waals surface area contributed by atoms with Crippen molar-refractivity contribution in [3.63, 3.8) is 0 Å². The van der Waals surface area contributed by atoms with Crippen molar-refractivity contribution >= 4 is 17.6 Å². The molecule has 0 saturated carbocycles. The average molecular weight is 267 g/mol. The van der Waals surface area contributed by atoms with Crippen molar-refractivity contribution in [2.75, 3.05) is 19.0 Å². The molecular weight excluding hydrogens is 250 g/mol. The van der Waals surface area contributed by atoms with Gasteiger partial charge in [0, 0.05) is 12.6 Å². The van der Waals surface area contributed by atoms with Crippen molar-refractivity contribution in [1.29, 1.82) is 0 Å². The molecule has 1 aromatic carbocycles. The number of benzene rings is 1. The molecule has 0 aromatic heterocycles. The van der Waals surface area contributed by atoms with Gasteiger partial charge >= 0.3 is 5.97 Å². The van der Waals surface area contributed by atoms with Gasteiger partial charge < -0.3 is 19.9 Å². The minimum Gasteiger partial charge on any atom is -0.490 e. The molecular formula is C13H17NO5. The summed E-state index contributed by atoms with van der Waals surface area (Å²) >= 11 is 0. The predicted octanol–water partition coefficient (Wildman–Crippen LogP) is 0.948. The summed E-state index contributed by atoms with van der Waals surface area (Å²) in [7, 11) is 1.19. The second-order valence-electron chi connectivity index (χ2n) is 4.26. The fraction of sp³-hybridized carbons (Fsp3) is 0.385. The molecule has 0 heterocycles. The lowest BCUT2D eigenvalue weighted by molar-refractivity contribution is -0.163. The molecule has 1 unspecified atom stereocenters. The number of hydrogen-bond acceptors (Lipinski definition) is 5. The van der Waals surface area contributed by atoms with Crippen LogP contribution < -0.4 is 10.1 Å². The number of amides is 1. The summed E-state index contributed by atoms with van der Waals surface area (Å²) < 4.78 is 9.74. The molecule has 1 rings (SSSR count). The maximum absolute atomic E-state index is 11.2. The van der Waals surface area contributed by atoms with Crippen LogP contribution in [0.3, 0.4) is 0 Å². The summed E-state index contributed by atoms with van der Waals surface area (Å²) in [4.78, 5) is 22.1. The van der Waals surface area contributed by atoms with Crippen molar-refractivity contribution in [2.45, 2.75) is 19.4 Å². The molecule has 19 heavy (non-hydrogen) atoms. The molecule has 0 aliphatic rings. The molecule has 1 amide bonds. The molecule has 0 fully saturated rings. The average Bonchev–Trinajstić information content (AvgIpc) is 2.36. The first kappa shape index (κ1) is 15.0. The van der Waals surface area contributed by atoms with Crippen LogP contribution >= 0.6 is 0 Å². The summed E-state index contributed by atoms with van der Waals surface area (Å²) in [6.45, 7) is 2.50. The van der Waals surface area contributed by atoms with Crippen LogP contribution in [0, 0.1) is 0 Å². The molecule has 1 aromatic rings. The van der Waals surface area contributed by atoms with Gasteiger partial charge in [-0.3, -0.25) is 4.79 Å². The van der Waals surface area contributed by atoms with Gasteiger partial charge in [0.2, 0.25) is 5.91 Å². The van der Waals surface area contributed by atoms with Gasteiger partial charge in [0.05, 0.1) is 7.11 Å². The molecule has 0 aliphatic carbocycles. The van der Waals surface area contributed by atoms with Gasteiger partial charge in [-0.1, -0.05) is 0 Å². The van der Waals surface area contributed by atoms with Crippen LogP contribution in [0.15, 0.2) is 24.3 Å². The van der Waals surface area contributed by atoms with Crippen LogP contribution in [0.5, 0.6) is 5.75 Å². The van der Waals surface area contributed by atoms with E-state index in [-0.39, 0.29) is 12.5 Å². The lowest BCUT2D eigenvalue weighted by atomic mass is 10.1. The Morgan fingerprint density at radius 2 is 1.89 bits per heavy atom. The summed E-state index contributed by atoms with van der Waals surface area (Å²) in [6, 6.07) is 6.56. The smallest absolute Gasteiger partial charge is 0.341 e. The Balaban J connectivity index is 2.59. The van der Waals surface area contributed by atoms with E-state index < -0.39 is 11.6 Å². The Bertz CT molecular complexity index is 453. The number of carbonyl (C=O) groups is 2. The lowest BCUT2D eigenvalue weighted by Gasteiger charge is -2.20. The van der Waals surface area contributed by atoms with Crippen LogP contribution in [0.25, 0.3) is 0 Å². The number of aliphatic hydroxyl groups is 1. The number of ether oxygens (including phenoxy) is 2. The van der Waals surface area contributed by atoms with Crippen molar-refractivity contribution in [2.24, 2.45) is 0 Å². The highest BCUT2D eigenvalue weighted by Crippen LogP contribution is 2.17. The highest BCUT2D eigenvalue weighted by Gasteiger charge is 2.32. The van der Waals surface area contributed by atoms with Crippen LogP contribution in [0.2, 0.25) is 0 Å². The molecule has 2 N–H and O–H groups in total. The van der Waals surface area contributed by atoms with Crippen molar-refractivity contribution < 1.29 is 24.2 Å². The van der Waals surface area contributed by atoms with E-state index in [1.54, 1.807) is 24.3 Å². The standard InChI is InChI=1S/C13H17NO5/c1-9(15)14-10-4-6-11(7-5-10)19-8-13(2,17)12(16)18-3/h4-7,17H,8H2,1-3H3,(H,14,15). The molecule has 0 saturated heterocycles. The monoisotopic (exact) mass is 267 g/mol. The summed E-state index contributed by atoms with van der Waals surface area (Å²) in [6.07, 6.45) is 0. The quantitative estimate of drug-likeness (QED) is 0.776. The third-order valence-corrected chi connectivity index (χ3v) is 2.32. The number of methoxy groups -OCH3 is 1. The number of carbonyl (C=O) groups excluding carboxylic acids is 2. The first-order valence-corrected chi connectivity index (χ1v) is 5.66. The molecule has 0 bridgehead atoms. The highest BCUT2D eigenvalue weighted by atomic mass is 16.6. The van der Waals surface area contributed by atoms with Crippen molar-refractivity contribution in [3.05, 3.63) is 24.3 Å². The Morgan fingerprint density at radius 1 is 1.32 bits per heavy atom. The predicted molar refractivity (Wildman–Crippen MR) is 68.9 cm³/mol. The van der Waals surface area contributed by atoms with Gasteiger partial charge in [0.1, 0.15) is 12.4 Å². The molecule has 0 spiro atoms. The molecule has 6 heteroatoms. The topological polar surface area (TPSA) is 84.9 Å². The first-order valence-electron chi connectivity index (χ1n) is 5.66. The first-order chi connectivity index (χ1) is 8.85. The van der Waals surface area contributed by atoms with E-state index in [1.165, 1.54) is 21.0 Å². The summed E-state index contributed by atoms with van der Waals surface area (Å²) in [5, 5.41) is 12.4. The van der Waals surface area contributed by atoms with Crippen LogP contribution in [-0.2, 0) is 14.3 Å². The van der Waals surface area contributed by atoms with E-state index in [2.05, 4.69) is 10.1 Å². The Kier molecular flexibility index (Phi) is 4.88. The minimum absolute atomic E-state index is 0.165. The lowest BCUT2D eigenvalue weighted by Crippen LogP contribution is -2.42. The van der Waals surface area contributed by atoms with Gasteiger partial charge in [0.15, 0.2) is 5.60 Å².